The fraction of sp³-hybridized carbons (Fsp3) is 0.364. The molecule has 0 fully saturated rings. The number of carbonyl (C=O) groups is 1. The Kier molecular flexibility index (Phi) is 4.15. The zero-order chi connectivity index (χ0) is 12.3. The van der Waals surface area contributed by atoms with E-state index in [0.717, 1.165) is 11.1 Å². The first-order chi connectivity index (χ1) is 7.45. The summed E-state index contributed by atoms with van der Waals surface area (Å²) < 4.78 is 5.06. The van der Waals surface area contributed by atoms with Gasteiger partial charge in [-0.2, -0.15) is 0 Å². The standard InChI is InChI=1S/C11H14ClNO3/c1-6-3-8(12)10(16-2)5-7(6)4-9(13)11(14)15/h3,5,9H,4,13H2,1-2H3,(H,14,15). The molecule has 1 aromatic rings. The normalized spacial score (nSPS) is 12.2. The van der Waals surface area contributed by atoms with E-state index in [2.05, 4.69) is 0 Å². The molecule has 0 aliphatic rings. The highest BCUT2D eigenvalue weighted by Crippen LogP contribution is 2.28. The van der Waals surface area contributed by atoms with E-state index in [-0.39, 0.29) is 6.42 Å². The molecule has 0 saturated heterocycles. The highest BCUT2D eigenvalue weighted by atomic mass is 35.5. The average molecular weight is 244 g/mol. The summed E-state index contributed by atoms with van der Waals surface area (Å²) in [5.41, 5.74) is 7.21. The summed E-state index contributed by atoms with van der Waals surface area (Å²) in [7, 11) is 1.51. The molecule has 3 N–H and O–H groups in total. The summed E-state index contributed by atoms with van der Waals surface area (Å²) in [5, 5.41) is 9.24. The Morgan fingerprint density at radius 3 is 2.75 bits per heavy atom. The first kappa shape index (κ1) is 12.8. The molecule has 0 aromatic heterocycles. The van der Waals surface area contributed by atoms with Gasteiger partial charge in [0.25, 0.3) is 0 Å². The third kappa shape index (κ3) is 2.87. The highest BCUT2D eigenvalue weighted by Gasteiger charge is 2.15. The fourth-order valence-electron chi connectivity index (χ4n) is 1.40. The van der Waals surface area contributed by atoms with Crippen LogP contribution in [0.5, 0.6) is 5.75 Å². The van der Waals surface area contributed by atoms with Gasteiger partial charge in [0.2, 0.25) is 0 Å². The number of rotatable bonds is 4. The summed E-state index contributed by atoms with van der Waals surface area (Å²) in [5.74, 6) is -0.492. The van der Waals surface area contributed by atoms with Crippen LogP contribution in [-0.4, -0.2) is 24.2 Å². The Morgan fingerprint density at radius 1 is 1.62 bits per heavy atom. The molecular weight excluding hydrogens is 230 g/mol. The number of hydrogen-bond donors (Lipinski definition) is 2. The van der Waals surface area contributed by atoms with E-state index in [4.69, 9.17) is 27.2 Å². The van der Waals surface area contributed by atoms with Crippen molar-refractivity contribution in [1.82, 2.24) is 0 Å². The predicted molar refractivity (Wildman–Crippen MR) is 62.1 cm³/mol. The van der Waals surface area contributed by atoms with Crippen molar-refractivity contribution < 1.29 is 14.6 Å². The zero-order valence-corrected chi connectivity index (χ0v) is 9.91. The van der Waals surface area contributed by atoms with E-state index in [0.29, 0.717) is 10.8 Å². The van der Waals surface area contributed by atoms with Crippen molar-refractivity contribution in [2.75, 3.05) is 7.11 Å². The number of aliphatic carboxylic acids is 1. The molecular formula is C11H14ClNO3. The van der Waals surface area contributed by atoms with Crippen LogP contribution in [0.15, 0.2) is 12.1 Å². The van der Waals surface area contributed by atoms with Crippen LogP contribution in [0, 0.1) is 6.92 Å². The van der Waals surface area contributed by atoms with Gasteiger partial charge in [-0.1, -0.05) is 11.6 Å². The molecule has 0 spiro atoms. The van der Waals surface area contributed by atoms with Crippen molar-refractivity contribution in [2.45, 2.75) is 19.4 Å². The molecule has 1 atom stereocenters. The Hall–Kier alpha value is -1.26. The number of carboxylic acid groups (broad SMARTS) is 1. The first-order valence-corrected chi connectivity index (χ1v) is 5.15. The minimum absolute atomic E-state index is 0.259. The number of methoxy groups -OCH3 is 1. The Bertz CT molecular complexity index is 406. The molecule has 0 aliphatic heterocycles. The Morgan fingerprint density at radius 2 is 2.25 bits per heavy atom. The van der Waals surface area contributed by atoms with Crippen LogP contribution in [0.3, 0.4) is 0 Å². The minimum atomic E-state index is -1.02. The number of hydrogen-bond acceptors (Lipinski definition) is 3. The molecule has 4 nitrogen and oxygen atoms in total. The number of ether oxygens (including phenoxy) is 1. The van der Waals surface area contributed by atoms with E-state index in [1.54, 1.807) is 12.1 Å². The molecule has 0 heterocycles. The number of benzene rings is 1. The molecule has 0 bridgehead atoms. The molecule has 0 amide bonds. The fourth-order valence-corrected chi connectivity index (χ4v) is 1.69. The first-order valence-electron chi connectivity index (χ1n) is 4.77. The Balaban J connectivity index is 3.00. The van der Waals surface area contributed by atoms with Crippen LogP contribution in [0.25, 0.3) is 0 Å². The lowest BCUT2D eigenvalue weighted by atomic mass is 10.0. The van der Waals surface area contributed by atoms with Crippen molar-refractivity contribution in [3.05, 3.63) is 28.3 Å². The second-order valence-electron chi connectivity index (χ2n) is 3.56. The SMILES string of the molecule is COc1cc(CC(N)C(=O)O)c(C)cc1Cl. The van der Waals surface area contributed by atoms with Crippen LogP contribution in [0.1, 0.15) is 11.1 Å². The minimum Gasteiger partial charge on any atom is -0.495 e. The predicted octanol–water partition coefficient (Wildman–Crippen LogP) is 1.61. The van der Waals surface area contributed by atoms with Gasteiger partial charge in [0.05, 0.1) is 12.1 Å². The van der Waals surface area contributed by atoms with Crippen LogP contribution >= 0.6 is 11.6 Å². The third-order valence-electron chi connectivity index (χ3n) is 2.37. The summed E-state index contributed by atoms with van der Waals surface area (Å²) in [4.78, 5) is 10.7. The summed E-state index contributed by atoms with van der Waals surface area (Å²) in [6.07, 6.45) is 0.259. The van der Waals surface area contributed by atoms with Gasteiger partial charge in [-0.15, -0.1) is 0 Å². The summed E-state index contributed by atoms with van der Waals surface area (Å²) in [6.45, 7) is 1.86. The van der Waals surface area contributed by atoms with Crippen molar-refractivity contribution in [1.29, 1.82) is 0 Å². The number of aryl methyl sites for hydroxylation is 1. The molecule has 0 saturated carbocycles. The molecule has 16 heavy (non-hydrogen) atoms. The molecule has 0 aliphatic carbocycles. The molecule has 1 unspecified atom stereocenters. The molecule has 1 rings (SSSR count). The smallest absolute Gasteiger partial charge is 0.320 e. The maximum absolute atomic E-state index is 10.7. The van der Waals surface area contributed by atoms with Gasteiger partial charge < -0.3 is 15.6 Å². The van der Waals surface area contributed by atoms with Gasteiger partial charge in [0, 0.05) is 0 Å². The van der Waals surface area contributed by atoms with E-state index in [9.17, 15) is 4.79 Å². The lowest BCUT2D eigenvalue weighted by Crippen LogP contribution is -2.32. The van der Waals surface area contributed by atoms with E-state index in [1.807, 2.05) is 6.92 Å². The maximum Gasteiger partial charge on any atom is 0.320 e. The van der Waals surface area contributed by atoms with Gasteiger partial charge in [-0.3, -0.25) is 4.79 Å². The van der Waals surface area contributed by atoms with Crippen LogP contribution in [0.4, 0.5) is 0 Å². The molecule has 0 radical (unpaired) electrons. The van der Waals surface area contributed by atoms with E-state index < -0.39 is 12.0 Å². The monoisotopic (exact) mass is 243 g/mol. The van der Waals surface area contributed by atoms with Gasteiger partial charge >= 0.3 is 5.97 Å². The van der Waals surface area contributed by atoms with Gasteiger partial charge in [0.1, 0.15) is 11.8 Å². The second kappa shape index (κ2) is 5.18. The topological polar surface area (TPSA) is 72.5 Å². The number of halogens is 1. The third-order valence-corrected chi connectivity index (χ3v) is 2.66. The lowest BCUT2D eigenvalue weighted by Gasteiger charge is -2.12. The van der Waals surface area contributed by atoms with Crippen molar-refractivity contribution in [3.63, 3.8) is 0 Å². The van der Waals surface area contributed by atoms with Gasteiger partial charge in [0.15, 0.2) is 0 Å². The van der Waals surface area contributed by atoms with E-state index in [1.165, 1.54) is 7.11 Å². The van der Waals surface area contributed by atoms with Crippen LogP contribution in [0.2, 0.25) is 5.02 Å². The highest BCUT2D eigenvalue weighted by molar-refractivity contribution is 6.32. The van der Waals surface area contributed by atoms with Crippen molar-refractivity contribution >= 4 is 17.6 Å². The van der Waals surface area contributed by atoms with Crippen molar-refractivity contribution in [2.24, 2.45) is 5.73 Å². The summed E-state index contributed by atoms with van der Waals surface area (Å²) >= 11 is 5.93. The van der Waals surface area contributed by atoms with Crippen LogP contribution in [-0.2, 0) is 11.2 Å². The lowest BCUT2D eigenvalue weighted by molar-refractivity contribution is -0.138. The quantitative estimate of drug-likeness (QED) is 0.843. The maximum atomic E-state index is 10.7. The van der Waals surface area contributed by atoms with Crippen LogP contribution < -0.4 is 10.5 Å². The number of carboxylic acids is 1. The second-order valence-corrected chi connectivity index (χ2v) is 3.97. The molecule has 1 aromatic carbocycles. The summed E-state index contributed by atoms with van der Waals surface area (Å²) in [6, 6.07) is 2.55. The number of nitrogens with two attached hydrogens (primary N) is 1. The largest absolute Gasteiger partial charge is 0.495 e. The molecule has 5 heteroatoms. The Labute approximate surface area is 99.0 Å². The van der Waals surface area contributed by atoms with Crippen molar-refractivity contribution in [3.8, 4) is 5.75 Å². The molecule has 88 valence electrons. The van der Waals surface area contributed by atoms with Gasteiger partial charge in [-0.25, -0.2) is 0 Å². The zero-order valence-electron chi connectivity index (χ0n) is 9.16. The van der Waals surface area contributed by atoms with Gasteiger partial charge in [-0.05, 0) is 36.6 Å². The van der Waals surface area contributed by atoms with E-state index >= 15 is 0 Å². The average Bonchev–Trinajstić information content (AvgIpc) is 2.21.